The van der Waals surface area contributed by atoms with Gasteiger partial charge >= 0.3 is 0 Å². The quantitative estimate of drug-likeness (QED) is 0.786. The minimum Gasteiger partial charge on any atom is -0.484 e. The lowest BCUT2D eigenvalue weighted by atomic mass is 10.1. The summed E-state index contributed by atoms with van der Waals surface area (Å²) in [5.74, 6) is 0.399. The van der Waals surface area contributed by atoms with Gasteiger partial charge in [-0.2, -0.15) is 5.26 Å². The fraction of sp³-hybridized carbons (Fsp3) is 0.348. The highest BCUT2D eigenvalue weighted by Crippen LogP contribution is 2.15. The maximum absolute atomic E-state index is 12.6. The van der Waals surface area contributed by atoms with Gasteiger partial charge in [-0.3, -0.25) is 9.59 Å². The van der Waals surface area contributed by atoms with Crippen molar-refractivity contribution in [1.29, 1.82) is 5.26 Å². The van der Waals surface area contributed by atoms with E-state index in [0.29, 0.717) is 24.3 Å². The van der Waals surface area contributed by atoms with Crippen molar-refractivity contribution in [3.63, 3.8) is 0 Å². The van der Waals surface area contributed by atoms with Crippen LogP contribution in [0.15, 0.2) is 48.5 Å². The fourth-order valence-electron chi connectivity index (χ4n) is 3.29. The molecule has 1 aliphatic rings. The maximum Gasteiger partial charge on any atom is 0.258 e. The SMILES string of the molecule is N#CCc1ccc(OCC(=O)NCc2cccc(C(=O)N3CCCCC3)c2)cc1. The van der Waals surface area contributed by atoms with Gasteiger partial charge in [-0.25, -0.2) is 0 Å². The number of piperidine rings is 1. The standard InChI is InChI=1S/C23H25N3O3/c24-12-11-18-7-9-21(10-8-18)29-17-22(27)25-16-19-5-4-6-20(15-19)23(28)26-13-2-1-3-14-26/h4-10,15H,1-3,11,13-14,16-17H2,(H,25,27). The summed E-state index contributed by atoms with van der Waals surface area (Å²) in [6.07, 6.45) is 3.65. The second-order valence-electron chi connectivity index (χ2n) is 7.10. The Morgan fingerprint density at radius 2 is 1.79 bits per heavy atom. The van der Waals surface area contributed by atoms with Gasteiger partial charge in [0.05, 0.1) is 12.5 Å². The van der Waals surface area contributed by atoms with E-state index in [9.17, 15) is 9.59 Å². The largest absolute Gasteiger partial charge is 0.484 e. The fourth-order valence-corrected chi connectivity index (χ4v) is 3.29. The van der Waals surface area contributed by atoms with E-state index in [0.717, 1.165) is 37.1 Å². The Labute approximate surface area is 171 Å². The molecule has 1 N–H and O–H groups in total. The zero-order chi connectivity index (χ0) is 20.5. The Hall–Kier alpha value is -3.33. The smallest absolute Gasteiger partial charge is 0.258 e. The molecular formula is C23H25N3O3. The number of nitriles is 1. The van der Waals surface area contributed by atoms with Crippen LogP contribution in [0.1, 0.15) is 40.7 Å². The molecule has 0 radical (unpaired) electrons. The predicted molar refractivity (Wildman–Crippen MR) is 109 cm³/mol. The molecule has 3 rings (SSSR count). The van der Waals surface area contributed by atoms with Crippen molar-refractivity contribution in [2.45, 2.75) is 32.2 Å². The third kappa shape index (κ3) is 6.08. The first-order valence-corrected chi connectivity index (χ1v) is 9.89. The van der Waals surface area contributed by atoms with E-state index in [1.165, 1.54) is 6.42 Å². The van der Waals surface area contributed by atoms with Crippen molar-refractivity contribution >= 4 is 11.8 Å². The lowest BCUT2D eigenvalue weighted by molar-refractivity contribution is -0.123. The minimum absolute atomic E-state index is 0.0565. The lowest BCUT2D eigenvalue weighted by Crippen LogP contribution is -2.35. The third-order valence-corrected chi connectivity index (χ3v) is 4.88. The number of ether oxygens (including phenoxy) is 1. The van der Waals surface area contributed by atoms with Gasteiger partial charge in [-0.05, 0) is 54.7 Å². The van der Waals surface area contributed by atoms with E-state index < -0.39 is 0 Å². The van der Waals surface area contributed by atoms with E-state index in [1.54, 1.807) is 24.3 Å². The molecule has 0 spiro atoms. The number of carbonyl (C=O) groups excluding carboxylic acids is 2. The van der Waals surface area contributed by atoms with Crippen LogP contribution < -0.4 is 10.1 Å². The first kappa shape index (κ1) is 20.4. The zero-order valence-electron chi connectivity index (χ0n) is 16.4. The average molecular weight is 391 g/mol. The molecule has 6 heteroatoms. The topological polar surface area (TPSA) is 82.4 Å². The number of rotatable bonds is 7. The zero-order valence-corrected chi connectivity index (χ0v) is 16.4. The summed E-state index contributed by atoms with van der Waals surface area (Å²) in [7, 11) is 0. The number of hydrogen-bond acceptors (Lipinski definition) is 4. The number of nitrogens with one attached hydrogen (secondary N) is 1. The lowest BCUT2D eigenvalue weighted by Gasteiger charge is -2.26. The number of benzene rings is 2. The molecule has 1 fully saturated rings. The summed E-state index contributed by atoms with van der Waals surface area (Å²) in [5, 5.41) is 11.5. The molecule has 0 saturated carbocycles. The average Bonchev–Trinajstić information content (AvgIpc) is 2.78. The number of amides is 2. The van der Waals surface area contributed by atoms with Crippen LogP contribution in [-0.2, 0) is 17.8 Å². The summed E-state index contributed by atoms with van der Waals surface area (Å²) in [4.78, 5) is 26.6. The van der Waals surface area contributed by atoms with Gasteiger partial charge in [0, 0.05) is 25.2 Å². The molecule has 1 saturated heterocycles. The Bertz CT molecular complexity index is 881. The molecule has 0 unspecified atom stereocenters. The molecule has 0 aromatic heterocycles. The summed E-state index contributed by atoms with van der Waals surface area (Å²) in [6.45, 7) is 1.87. The highest BCUT2D eigenvalue weighted by Gasteiger charge is 2.18. The summed E-state index contributed by atoms with van der Waals surface area (Å²) >= 11 is 0. The normalized spacial score (nSPS) is 13.4. The van der Waals surface area contributed by atoms with Gasteiger partial charge in [0.1, 0.15) is 5.75 Å². The summed E-state index contributed by atoms with van der Waals surface area (Å²) in [6, 6.07) is 16.6. The van der Waals surface area contributed by atoms with E-state index in [1.807, 2.05) is 29.2 Å². The molecule has 1 heterocycles. The molecule has 1 aliphatic heterocycles. The number of nitrogens with zero attached hydrogens (tertiary/aromatic N) is 2. The van der Waals surface area contributed by atoms with Gasteiger partial charge in [-0.1, -0.05) is 24.3 Å². The second-order valence-corrected chi connectivity index (χ2v) is 7.10. The Balaban J connectivity index is 1.47. The van der Waals surface area contributed by atoms with Gasteiger partial charge in [0.25, 0.3) is 11.8 Å². The molecule has 29 heavy (non-hydrogen) atoms. The van der Waals surface area contributed by atoms with Crippen LogP contribution in [0.25, 0.3) is 0 Å². The van der Waals surface area contributed by atoms with Crippen LogP contribution in [0.5, 0.6) is 5.75 Å². The van der Waals surface area contributed by atoms with Gasteiger partial charge in [0.15, 0.2) is 6.61 Å². The molecule has 0 atom stereocenters. The molecule has 2 amide bonds. The molecule has 0 aliphatic carbocycles. The highest BCUT2D eigenvalue weighted by atomic mass is 16.5. The van der Waals surface area contributed by atoms with Crippen molar-refractivity contribution in [2.24, 2.45) is 0 Å². The van der Waals surface area contributed by atoms with E-state index >= 15 is 0 Å². The molecule has 0 bridgehead atoms. The molecule has 6 nitrogen and oxygen atoms in total. The number of carbonyl (C=O) groups is 2. The third-order valence-electron chi connectivity index (χ3n) is 4.88. The predicted octanol–water partition coefficient (Wildman–Crippen LogP) is 3.07. The molecule has 150 valence electrons. The first-order chi connectivity index (χ1) is 14.2. The molecule has 2 aromatic carbocycles. The van der Waals surface area contributed by atoms with Crippen LogP contribution in [0.2, 0.25) is 0 Å². The van der Waals surface area contributed by atoms with Crippen molar-refractivity contribution in [1.82, 2.24) is 10.2 Å². The Morgan fingerprint density at radius 1 is 1.03 bits per heavy atom. The molecular weight excluding hydrogens is 366 g/mol. The van der Waals surface area contributed by atoms with Crippen LogP contribution >= 0.6 is 0 Å². The minimum atomic E-state index is -0.237. The van der Waals surface area contributed by atoms with Gasteiger partial charge in [0.2, 0.25) is 0 Å². The summed E-state index contributed by atoms with van der Waals surface area (Å²) < 4.78 is 5.47. The van der Waals surface area contributed by atoms with Crippen molar-refractivity contribution in [2.75, 3.05) is 19.7 Å². The highest BCUT2D eigenvalue weighted by molar-refractivity contribution is 5.94. The van der Waals surface area contributed by atoms with Crippen LogP contribution in [0.4, 0.5) is 0 Å². The maximum atomic E-state index is 12.6. The Morgan fingerprint density at radius 3 is 2.52 bits per heavy atom. The summed E-state index contributed by atoms with van der Waals surface area (Å²) in [5.41, 5.74) is 2.44. The van der Waals surface area contributed by atoms with Crippen molar-refractivity contribution in [3.8, 4) is 11.8 Å². The van der Waals surface area contributed by atoms with Crippen molar-refractivity contribution < 1.29 is 14.3 Å². The molecule has 2 aromatic rings. The van der Waals surface area contributed by atoms with Gasteiger partial charge < -0.3 is 15.0 Å². The number of hydrogen-bond donors (Lipinski definition) is 1. The van der Waals surface area contributed by atoms with Crippen LogP contribution in [0.3, 0.4) is 0 Å². The van der Waals surface area contributed by atoms with Gasteiger partial charge in [-0.15, -0.1) is 0 Å². The van der Waals surface area contributed by atoms with Crippen molar-refractivity contribution in [3.05, 3.63) is 65.2 Å². The van der Waals surface area contributed by atoms with Crippen LogP contribution in [0, 0.1) is 11.3 Å². The van der Waals surface area contributed by atoms with E-state index in [2.05, 4.69) is 11.4 Å². The Kier molecular flexibility index (Phi) is 7.23. The second kappa shape index (κ2) is 10.3. The van der Waals surface area contributed by atoms with E-state index in [-0.39, 0.29) is 18.4 Å². The van der Waals surface area contributed by atoms with E-state index in [4.69, 9.17) is 10.00 Å². The van der Waals surface area contributed by atoms with Crippen LogP contribution in [-0.4, -0.2) is 36.4 Å². The monoisotopic (exact) mass is 391 g/mol. The number of likely N-dealkylation sites (tertiary alicyclic amines) is 1. The first-order valence-electron chi connectivity index (χ1n) is 9.89.